The van der Waals surface area contributed by atoms with Gasteiger partial charge in [-0.2, -0.15) is 0 Å². The number of ether oxygens (including phenoxy) is 1. The average Bonchev–Trinajstić information content (AvgIpc) is 3.02. The number of hydrogen-bond donors (Lipinski definition) is 3. The van der Waals surface area contributed by atoms with Crippen LogP contribution in [0, 0.1) is 13.8 Å². The lowest BCUT2D eigenvalue weighted by atomic mass is 10.1. The highest BCUT2D eigenvalue weighted by molar-refractivity contribution is 8.00. The Balaban J connectivity index is 1.50. The van der Waals surface area contributed by atoms with Gasteiger partial charge in [0.15, 0.2) is 0 Å². The van der Waals surface area contributed by atoms with Crippen LogP contribution < -0.4 is 20.7 Å². The number of carbonyl (C=O) groups excluding carboxylic acids is 3. The Hall–Kier alpha value is -4.82. The van der Waals surface area contributed by atoms with Gasteiger partial charge in [0.2, 0.25) is 5.91 Å². The Morgan fingerprint density at radius 3 is 2.27 bits per heavy atom. The van der Waals surface area contributed by atoms with E-state index in [-0.39, 0.29) is 16.9 Å². The highest BCUT2D eigenvalue weighted by atomic mass is 32.2. The van der Waals surface area contributed by atoms with E-state index in [0.717, 1.165) is 27.3 Å². The Morgan fingerprint density at radius 2 is 1.59 bits per heavy atom. The maximum atomic E-state index is 13.5. The lowest BCUT2D eigenvalue weighted by Crippen LogP contribution is -2.30. The van der Waals surface area contributed by atoms with E-state index in [1.54, 1.807) is 36.4 Å². The average molecular weight is 608 g/mol. The van der Waals surface area contributed by atoms with E-state index in [4.69, 9.17) is 4.74 Å². The molecule has 1 atom stereocenters. The molecule has 0 saturated heterocycles. The zero-order chi connectivity index (χ0) is 31.5. The number of thioether (sulfide) groups is 1. The molecule has 4 aromatic rings. The Morgan fingerprint density at radius 1 is 0.841 bits per heavy atom. The predicted molar refractivity (Wildman–Crippen MR) is 179 cm³/mol. The molecule has 0 heterocycles. The zero-order valence-corrected chi connectivity index (χ0v) is 26.2. The molecule has 0 aromatic heterocycles. The molecule has 0 aliphatic rings. The van der Waals surface area contributed by atoms with E-state index in [2.05, 4.69) is 16.0 Å². The fourth-order valence-corrected chi connectivity index (χ4v) is 5.45. The minimum atomic E-state index is -0.482. The second kappa shape index (κ2) is 15.6. The molecule has 4 aromatic carbocycles. The van der Waals surface area contributed by atoms with Gasteiger partial charge in [-0.05, 0) is 92.9 Å². The van der Waals surface area contributed by atoms with E-state index < -0.39 is 11.8 Å². The molecule has 0 radical (unpaired) electrons. The van der Waals surface area contributed by atoms with E-state index in [9.17, 15) is 14.4 Å². The van der Waals surface area contributed by atoms with Gasteiger partial charge >= 0.3 is 0 Å². The first-order chi connectivity index (χ1) is 21.2. The lowest BCUT2D eigenvalue weighted by Gasteiger charge is -2.17. The number of aryl methyl sites for hydroxylation is 2. The predicted octanol–water partition coefficient (Wildman–Crippen LogP) is 7.62. The first kappa shape index (κ1) is 32.1. The summed E-state index contributed by atoms with van der Waals surface area (Å²) in [5.41, 5.74) is 4.72. The summed E-state index contributed by atoms with van der Waals surface area (Å²) < 4.78 is 5.52. The molecule has 3 amide bonds. The molecular formula is C36H37N3O4S. The monoisotopic (exact) mass is 607 g/mol. The smallest absolute Gasteiger partial charge is 0.272 e. The van der Waals surface area contributed by atoms with Crippen molar-refractivity contribution < 1.29 is 19.1 Å². The highest BCUT2D eigenvalue weighted by Gasteiger charge is 2.20. The molecule has 0 bridgehead atoms. The van der Waals surface area contributed by atoms with Crippen LogP contribution in [-0.2, 0) is 9.59 Å². The summed E-state index contributed by atoms with van der Waals surface area (Å²) in [6.07, 6.45) is 2.24. The van der Waals surface area contributed by atoms with Gasteiger partial charge in [0.1, 0.15) is 11.4 Å². The fraction of sp³-hybridized carbons (Fsp3) is 0.194. The molecule has 226 valence electrons. The molecule has 0 saturated carbocycles. The molecule has 0 aliphatic carbocycles. The third kappa shape index (κ3) is 9.09. The summed E-state index contributed by atoms with van der Waals surface area (Å²) in [7, 11) is 0. The van der Waals surface area contributed by atoms with Gasteiger partial charge in [0.05, 0.1) is 11.9 Å². The maximum absolute atomic E-state index is 13.5. The quantitative estimate of drug-likeness (QED) is 0.114. The molecule has 4 rings (SSSR count). The Bertz CT molecular complexity index is 1640. The van der Waals surface area contributed by atoms with Crippen LogP contribution in [0.15, 0.2) is 108 Å². The van der Waals surface area contributed by atoms with Gasteiger partial charge in [0, 0.05) is 21.8 Å². The molecule has 3 N–H and O–H groups in total. The van der Waals surface area contributed by atoms with Crippen molar-refractivity contribution in [2.45, 2.75) is 44.3 Å². The second-order valence-electron chi connectivity index (χ2n) is 10.2. The van der Waals surface area contributed by atoms with E-state index in [0.29, 0.717) is 30.0 Å². The van der Waals surface area contributed by atoms with Crippen molar-refractivity contribution in [3.63, 3.8) is 0 Å². The molecule has 7 nitrogen and oxygen atoms in total. The number of hydrogen-bond acceptors (Lipinski definition) is 5. The van der Waals surface area contributed by atoms with Gasteiger partial charge < -0.3 is 20.7 Å². The molecule has 0 fully saturated rings. The summed E-state index contributed by atoms with van der Waals surface area (Å²) in [5.74, 6) is -0.248. The molecule has 0 aliphatic heterocycles. The van der Waals surface area contributed by atoms with Crippen molar-refractivity contribution in [1.29, 1.82) is 0 Å². The highest BCUT2D eigenvalue weighted by Crippen LogP contribution is 2.29. The molecule has 8 heteroatoms. The standard InChI is InChI=1S/C36H37N3O4S/c1-5-33(36(42)38-31-20-15-24(3)21-25(31)4)44-30-14-10-13-28(23-30)37-35(41)32(39-34(40)27-11-8-7-9-12-27)22-26-16-18-29(19-17-26)43-6-2/h7-23,33H,5-6H2,1-4H3,(H,37,41)(H,38,42)(H,39,40)/b32-22+. The van der Waals surface area contributed by atoms with Crippen molar-refractivity contribution in [1.82, 2.24) is 5.32 Å². The van der Waals surface area contributed by atoms with Crippen molar-refractivity contribution in [2.75, 3.05) is 17.2 Å². The zero-order valence-electron chi connectivity index (χ0n) is 25.3. The number of carbonyl (C=O) groups is 3. The number of anilines is 2. The third-order valence-electron chi connectivity index (χ3n) is 6.70. The molecule has 0 spiro atoms. The van der Waals surface area contributed by atoms with E-state index >= 15 is 0 Å². The summed E-state index contributed by atoms with van der Waals surface area (Å²) in [5, 5.41) is 8.39. The van der Waals surface area contributed by atoms with Gasteiger partial charge in [-0.3, -0.25) is 14.4 Å². The van der Waals surface area contributed by atoms with Crippen LogP contribution in [-0.4, -0.2) is 29.6 Å². The van der Waals surface area contributed by atoms with Crippen molar-refractivity contribution in [3.8, 4) is 5.75 Å². The van der Waals surface area contributed by atoms with E-state index in [1.165, 1.54) is 11.8 Å². The molecule has 44 heavy (non-hydrogen) atoms. The summed E-state index contributed by atoms with van der Waals surface area (Å²) in [6.45, 7) is 8.42. The Kier molecular flexibility index (Phi) is 11.4. The second-order valence-corrected chi connectivity index (χ2v) is 11.5. The van der Waals surface area contributed by atoms with Crippen LogP contribution in [0.25, 0.3) is 6.08 Å². The first-order valence-corrected chi connectivity index (χ1v) is 15.4. The van der Waals surface area contributed by atoms with E-state index in [1.807, 2.05) is 94.4 Å². The van der Waals surface area contributed by atoms with Gasteiger partial charge in [-0.25, -0.2) is 0 Å². The summed E-state index contributed by atoms with van der Waals surface area (Å²) in [6, 6.07) is 29.2. The van der Waals surface area contributed by atoms with Crippen LogP contribution >= 0.6 is 11.8 Å². The minimum absolute atomic E-state index is 0.0805. The normalized spacial score (nSPS) is 11.8. The SMILES string of the molecule is CCOc1ccc(/C=C(/NC(=O)c2ccccc2)C(=O)Nc2cccc(SC(CC)C(=O)Nc3ccc(C)cc3C)c2)cc1. The van der Waals surface area contributed by atoms with Crippen molar-refractivity contribution in [3.05, 3.63) is 125 Å². The first-order valence-electron chi connectivity index (χ1n) is 14.5. The molecule has 1 unspecified atom stereocenters. The largest absolute Gasteiger partial charge is 0.494 e. The van der Waals surface area contributed by atoms with Crippen LogP contribution in [0.4, 0.5) is 11.4 Å². The lowest BCUT2D eigenvalue weighted by molar-refractivity contribution is -0.116. The number of amides is 3. The van der Waals surface area contributed by atoms with Crippen molar-refractivity contribution in [2.24, 2.45) is 0 Å². The number of rotatable bonds is 12. The number of benzene rings is 4. The maximum Gasteiger partial charge on any atom is 0.272 e. The molecular weight excluding hydrogens is 570 g/mol. The third-order valence-corrected chi connectivity index (χ3v) is 8.06. The van der Waals surface area contributed by atoms with Crippen LogP contribution in [0.2, 0.25) is 0 Å². The van der Waals surface area contributed by atoms with Crippen LogP contribution in [0.5, 0.6) is 5.75 Å². The topological polar surface area (TPSA) is 96.5 Å². The Labute approximate surface area is 263 Å². The van der Waals surface area contributed by atoms with Crippen molar-refractivity contribution >= 4 is 46.9 Å². The van der Waals surface area contributed by atoms with Crippen LogP contribution in [0.3, 0.4) is 0 Å². The summed E-state index contributed by atoms with van der Waals surface area (Å²) >= 11 is 1.43. The summed E-state index contributed by atoms with van der Waals surface area (Å²) in [4.78, 5) is 40.5. The van der Waals surface area contributed by atoms with Gasteiger partial charge in [0.25, 0.3) is 11.8 Å². The minimum Gasteiger partial charge on any atom is -0.494 e. The van der Waals surface area contributed by atoms with Gasteiger partial charge in [-0.15, -0.1) is 11.8 Å². The van der Waals surface area contributed by atoms with Crippen LogP contribution in [0.1, 0.15) is 47.3 Å². The van der Waals surface area contributed by atoms with Gasteiger partial charge in [-0.1, -0.05) is 61.0 Å². The fourth-order valence-electron chi connectivity index (χ4n) is 4.44. The number of nitrogens with one attached hydrogen (secondary N) is 3.